The number of hydrogen-bond acceptors (Lipinski definition) is 4. The summed E-state index contributed by atoms with van der Waals surface area (Å²) >= 11 is 6.19. The van der Waals surface area contributed by atoms with Gasteiger partial charge >= 0.3 is 0 Å². The van der Waals surface area contributed by atoms with Crippen LogP contribution in [0.3, 0.4) is 0 Å². The number of nitrogens with one attached hydrogen (secondary N) is 2. The summed E-state index contributed by atoms with van der Waals surface area (Å²) in [6.07, 6.45) is 0. The van der Waals surface area contributed by atoms with Gasteiger partial charge in [0.2, 0.25) is 5.96 Å². The first-order valence-electron chi connectivity index (χ1n) is 10.2. The Bertz CT molecular complexity index is 1270. The molecule has 0 saturated carbocycles. The molecule has 2 heterocycles. The fourth-order valence-electron chi connectivity index (χ4n) is 3.87. The second kappa shape index (κ2) is 8.28. The number of benzene rings is 3. The predicted molar refractivity (Wildman–Crippen MR) is 129 cm³/mol. The van der Waals surface area contributed by atoms with E-state index in [-0.39, 0.29) is 0 Å². The van der Waals surface area contributed by atoms with Crippen molar-refractivity contribution in [3.05, 3.63) is 95.0 Å². The van der Waals surface area contributed by atoms with Crippen LogP contribution in [0.5, 0.6) is 0 Å². The van der Waals surface area contributed by atoms with E-state index in [2.05, 4.69) is 45.6 Å². The number of nitrogens with zero attached hydrogens (tertiary/aromatic N) is 3. The Hall–Kier alpha value is -3.57. The van der Waals surface area contributed by atoms with Crippen LogP contribution in [0.25, 0.3) is 22.2 Å². The summed E-state index contributed by atoms with van der Waals surface area (Å²) in [5.41, 5.74) is 6.09. The molecule has 0 fully saturated rings. The summed E-state index contributed by atoms with van der Waals surface area (Å²) < 4.78 is 0. The number of H-pyrrole nitrogens is 1. The molecule has 2 N–H and O–H groups in total. The minimum Gasteiger partial charge on any atom is -0.354 e. The summed E-state index contributed by atoms with van der Waals surface area (Å²) in [4.78, 5) is 8.13. The van der Waals surface area contributed by atoms with Gasteiger partial charge in [0.1, 0.15) is 5.71 Å². The minimum atomic E-state index is 0.695. The van der Waals surface area contributed by atoms with Gasteiger partial charge in [-0.1, -0.05) is 72.3 Å². The summed E-state index contributed by atoms with van der Waals surface area (Å²) in [6, 6.07) is 26.5. The molecule has 0 radical (unpaired) electrons. The van der Waals surface area contributed by atoms with Crippen molar-refractivity contribution in [2.24, 2.45) is 10.1 Å². The Kier molecular flexibility index (Phi) is 5.18. The van der Waals surface area contributed by atoms with Gasteiger partial charge in [-0.25, -0.2) is 10.0 Å². The number of guanidine groups is 1. The number of aromatic nitrogens is 1. The van der Waals surface area contributed by atoms with Crippen molar-refractivity contribution in [1.82, 2.24) is 15.3 Å². The molecule has 0 amide bonds. The number of para-hydroxylation sites is 1. The number of aromatic amines is 1. The SMILES string of the molecule is CN(N=C(c1ccc(Cl)cc1)c1c(-c2ccccc2)[nH]c2ccccc12)C1=NCCN1. The zero-order valence-electron chi connectivity index (χ0n) is 17.1. The molecule has 1 aliphatic heterocycles. The third kappa shape index (κ3) is 3.80. The normalized spacial score (nSPS) is 13.9. The number of halogens is 1. The molecule has 0 unspecified atom stereocenters. The molecular formula is C25H22ClN5. The maximum absolute atomic E-state index is 6.19. The average Bonchev–Trinajstić information content (AvgIpc) is 3.47. The number of hydrogen-bond donors (Lipinski definition) is 2. The maximum atomic E-state index is 6.19. The topological polar surface area (TPSA) is 55.8 Å². The highest BCUT2D eigenvalue weighted by Crippen LogP contribution is 2.33. The van der Waals surface area contributed by atoms with Crippen LogP contribution in [-0.2, 0) is 0 Å². The number of fused-ring (bicyclic) bond motifs is 1. The lowest BCUT2D eigenvalue weighted by atomic mass is 9.96. The quantitative estimate of drug-likeness (QED) is 0.350. The van der Waals surface area contributed by atoms with E-state index in [1.54, 1.807) is 0 Å². The molecule has 0 aliphatic carbocycles. The van der Waals surface area contributed by atoms with Crippen LogP contribution in [0.4, 0.5) is 0 Å². The predicted octanol–water partition coefficient (Wildman–Crippen LogP) is 5.13. The first-order chi connectivity index (χ1) is 15.2. The molecule has 5 rings (SSSR count). The standard InChI is InChI=1S/C25H22ClN5/c1-31(25-27-15-16-28-25)30-24(18-11-13-19(26)14-12-18)22-20-9-5-6-10-21(20)29-23(22)17-7-3-2-4-8-17/h2-14,29H,15-16H2,1H3,(H,27,28). The second-order valence-electron chi connectivity index (χ2n) is 7.40. The fourth-order valence-corrected chi connectivity index (χ4v) is 3.99. The molecule has 0 bridgehead atoms. The average molecular weight is 428 g/mol. The zero-order chi connectivity index (χ0) is 21.2. The van der Waals surface area contributed by atoms with Gasteiger partial charge in [0.15, 0.2) is 0 Å². The van der Waals surface area contributed by atoms with Crippen LogP contribution in [0.1, 0.15) is 11.1 Å². The van der Waals surface area contributed by atoms with Crippen LogP contribution >= 0.6 is 11.6 Å². The minimum absolute atomic E-state index is 0.695. The molecule has 1 aliphatic rings. The van der Waals surface area contributed by atoms with Crippen molar-refractivity contribution in [1.29, 1.82) is 0 Å². The van der Waals surface area contributed by atoms with E-state index in [1.165, 1.54) is 0 Å². The highest BCUT2D eigenvalue weighted by atomic mass is 35.5. The van der Waals surface area contributed by atoms with Crippen LogP contribution in [0, 0.1) is 0 Å². The third-order valence-electron chi connectivity index (χ3n) is 5.34. The van der Waals surface area contributed by atoms with Crippen LogP contribution in [0.2, 0.25) is 5.02 Å². The van der Waals surface area contributed by atoms with Gasteiger partial charge < -0.3 is 10.3 Å². The van der Waals surface area contributed by atoms with Crippen LogP contribution < -0.4 is 5.32 Å². The first kappa shape index (κ1) is 19.4. The molecule has 4 aromatic rings. The van der Waals surface area contributed by atoms with Crippen molar-refractivity contribution in [2.75, 3.05) is 20.1 Å². The largest absolute Gasteiger partial charge is 0.354 e. The van der Waals surface area contributed by atoms with E-state index >= 15 is 0 Å². The van der Waals surface area contributed by atoms with Gasteiger partial charge in [0.25, 0.3) is 0 Å². The summed E-state index contributed by atoms with van der Waals surface area (Å²) in [5.74, 6) is 0.771. The lowest BCUT2D eigenvalue weighted by Crippen LogP contribution is -2.33. The van der Waals surface area contributed by atoms with E-state index in [9.17, 15) is 0 Å². The fraction of sp³-hybridized carbons (Fsp3) is 0.120. The Balaban J connectivity index is 1.77. The van der Waals surface area contributed by atoms with Crippen molar-refractivity contribution in [3.63, 3.8) is 0 Å². The molecule has 0 atom stereocenters. The highest BCUT2D eigenvalue weighted by Gasteiger charge is 2.21. The summed E-state index contributed by atoms with van der Waals surface area (Å²) in [6.45, 7) is 1.58. The van der Waals surface area contributed by atoms with Crippen LogP contribution in [0.15, 0.2) is 89.0 Å². The molecule has 1 aromatic heterocycles. The first-order valence-corrected chi connectivity index (χ1v) is 10.6. The van der Waals surface area contributed by atoms with Gasteiger partial charge in [-0.05, 0) is 23.8 Å². The van der Waals surface area contributed by atoms with Gasteiger partial charge in [0.05, 0.1) is 12.2 Å². The summed E-state index contributed by atoms with van der Waals surface area (Å²) in [7, 11) is 1.92. The van der Waals surface area contributed by atoms with E-state index in [1.807, 2.05) is 60.6 Å². The van der Waals surface area contributed by atoms with Gasteiger partial charge in [-0.2, -0.15) is 5.10 Å². The Morgan fingerprint density at radius 1 is 0.968 bits per heavy atom. The lowest BCUT2D eigenvalue weighted by Gasteiger charge is -2.17. The Morgan fingerprint density at radius 3 is 2.45 bits per heavy atom. The molecule has 0 spiro atoms. The molecular weight excluding hydrogens is 406 g/mol. The number of rotatable bonds is 4. The summed E-state index contributed by atoms with van der Waals surface area (Å²) in [5, 5.41) is 11.9. The molecule has 5 nitrogen and oxygen atoms in total. The van der Waals surface area contributed by atoms with Gasteiger partial charge in [-0.15, -0.1) is 0 Å². The van der Waals surface area contributed by atoms with E-state index in [0.717, 1.165) is 58.0 Å². The van der Waals surface area contributed by atoms with Gasteiger partial charge in [-0.3, -0.25) is 0 Å². The number of hydrazone groups is 1. The smallest absolute Gasteiger partial charge is 0.214 e. The molecule has 31 heavy (non-hydrogen) atoms. The monoisotopic (exact) mass is 427 g/mol. The van der Waals surface area contributed by atoms with Crippen molar-refractivity contribution in [3.8, 4) is 11.3 Å². The third-order valence-corrected chi connectivity index (χ3v) is 5.59. The Labute approximate surface area is 186 Å². The molecule has 0 saturated heterocycles. The van der Waals surface area contributed by atoms with E-state index in [4.69, 9.17) is 16.7 Å². The van der Waals surface area contributed by atoms with Gasteiger partial charge in [0, 0.05) is 40.6 Å². The van der Waals surface area contributed by atoms with Crippen LogP contribution in [-0.4, -0.2) is 41.8 Å². The number of aliphatic imine (C=N–C) groups is 1. The van der Waals surface area contributed by atoms with Crippen molar-refractivity contribution < 1.29 is 0 Å². The van der Waals surface area contributed by atoms with Crippen molar-refractivity contribution >= 4 is 34.2 Å². The van der Waals surface area contributed by atoms with E-state index < -0.39 is 0 Å². The lowest BCUT2D eigenvalue weighted by molar-refractivity contribution is 0.528. The van der Waals surface area contributed by atoms with Crippen molar-refractivity contribution in [2.45, 2.75) is 0 Å². The molecule has 6 heteroatoms. The maximum Gasteiger partial charge on any atom is 0.214 e. The highest BCUT2D eigenvalue weighted by molar-refractivity contribution is 6.31. The Morgan fingerprint density at radius 2 is 1.71 bits per heavy atom. The molecule has 3 aromatic carbocycles. The molecule has 154 valence electrons. The zero-order valence-corrected chi connectivity index (χ0v) is 17.9. The van der Waals surface area contributed by atoms with E-state index in [0.29, 0.717) is 5.02 Å². The second-order valence-corrected chi connectivity index (χ2v) is 7.83.